The molecule has 1 atom stereocenters. The summed E-state index contributed by atoms with van der Waals surface area (Å²) in [5.41, 5.74) is 5.37. The second-order valence-electron chi connectivity index (χ2n) is 3.51. The molecule has 90 valence electrons. The number of hydrogen-bond acceptors (Lipinski definition) is 5. The van der Waals surface area contributed by atoms with E-state index in [9.17, 15) is 14.4 Å². The van der Waals surface area contributed by atoms with Crippen molar-refractivity contribution in [3.8, 4) is 0 Å². The number of carboxylic acids is 1. The summed E-state index contributed by atoms with van der Waals surface area (Å²) in [6.07, 6.45) is 0. The molecule has 0 bridgehead atoms. The van der Waals surface area contributed by atoms with Crippen LogP contribution in [0.1, 0.15) is 6.92 Å². The fraction of sp³-hybridized carbons (Fsp3) is 0.667. The predicted molar refractivity (Wildman–Crippen MR) is 52.3 cm³/mol. The molecule has 0 aromatic heterocycles. The van der Waals surface area contributed by atoms with Crippen LogP contribution in [0.4, 0.5) is 0 Å². The number of carbonyl (C=O) groups is 3. The fourth-order valence-electron chi connectivity index (χ4n) is 1.34. The first kappa shape index (κ1) is 12.4. The molecule has 0 radical (unpaired) electrons. The SMILES string of the molecule is CCOC(=O)C(N)C(=O)N1CC(C(=O)O)C1. The average Bonchev–Trinajstić information content (AvgIpc) is 2.13. The summed E-state index contributed by atoms with van der Waals surface area (Å²) in [5.74, 6) is -2.88. The van der Waals surface area contributed by atoms with E-state index in [1.807, 2.05) is 0 Å². The van der Waals surface area contributed by atoms with Gasteiger partial charge in [0.1, 0.15) is 0 Å². The molecule has 7 heteroatoms. The summed E-state index contributed by atoms with van der Waals surface area (Å²) in [5, 5.41) is 8.60. The summed E-state index contributed by atoms with van der Waals surface area (Å²) >= 11 is 0. The van der Waals surface area contributed by atoms with E-state index in [-0.39, 0.29) is 19.7 Å². The monoisotopic (exact) mass is 230 g/mol. The van der Waals surface area contributed by atoms with Gasteiger partial charge in [-0.15, -0.1) is 0 Å². The Morgan fingerprint density at radius 2 is 2.06 bits per heavy atom. The molecule has 0 aliphatic carbocycles. The lowest BCUT2D eigenvalue weighted by Gasteiger charge is -2.37. The summed E-state index contributed by atoms with van der Waals surface area (Å²) in [6.45, 7) is 1.96. The molecule has 3 N–H and O–H groups in total. The topological polar surface area (TPSA) is 110 Å². The third-order valence-electron chi connectivity index (χ3n) is 2.35. The Morgan fingerprint density at radius 3 is 2.50 bits per heavy atom. The Morgan fingerprint density at radius 1 is 1.50 bits per heavy atom. The number of likely N-dealkylation sites (tertiary alicyclic amines) is 1. The van der Waals surface area contributed by atoms with E-state index in [1.54, 1.807) is 6.92 Å². The Labute approximate surface area is 92.1 Å². The first-order valence-electron chi connectivity index (χ1n) is 4.91. The van der Waals surface area contributed by atoms with Crippen LogP contribution in [0, 0.1) is 5.92 Å². The minimum Gasteiger partial charge on any atom is -0.481 e. The molecule has 1 rings (SSSR count). The number of nitrogens with two attached hydrogens (primary N) is 1. The Balaban J connectivity index is 2.42. The molecule has 0 aromatic rings. The molecule has 0 aromatic carbocycles. The highest BCUT2D eigenvalue weighted by Gasteiger charge is 2.39. The van der Waals surface area contributed by atoms with Crippen molar-refractivity contribution in [2.75, 3.05) is 19.7 Å². The van der Waals surface area contributed by atoms with E-state index in [0.29, 0.717) is 0 Å². The smallest absolute Gasteiger partial charge is 0.332 e. The van der Waals surface area contributed by atoms with Gasteiger partial charge >= 0.3 is 11.9 Å². The summed E-state index contributed by atoms with van der Waals surface area (Å²) < 4.78 is 4.59. The summed E-state index contributed by atoms with van der Waals surface area (Å²) in [6, 6.07) is -1.35. The number of carbonyl (C=O) groups excluding carboxylic acids is 2. The van der Waals surface area contributed by atoms with Crippen LogP contribution in [0.15, 0.2) is 0 Å². The van der Waals surface area contributed by atoms with Gasteiger partial charge in [0.25, 0.3) is 5.91 Å². The predicted octanol–water partition coefficient (Wildman–Crippen LogP) is -1.58. The molecule has 1 aliphatic rings. The van der Waals surface area contributed by atoms with Gasteiger partial charge in [-0.25, -0.2) is 4.79 Å². The van der Waals surface area contributed by atoms with Gasteiger partial charge in [-0.1, -0.05) is 0 Å². The Hall–Kier alpha value is -1.63. The quantitative estimate of drug-likeness (QED) is 0.445. The van der Waals surface area contributed by atoms with Crippen LogP contribution in [0.5, 0.6) is 0 Å². The van der Waals surface area contributed by atoms with Gasteiger partial charge in [-0.05, 0) is 6.92 Å². The standard InChI is InChI=1S/C9H14N2O5/c1-2-16-9(15)6(10)7(12)11-3-5(4-11)8(13)14/h5-6H,2-4,10H2,1H3,(H,13,14). The highest BCUT2D eigenvalue weighted by Crippen LogP contribution is 2.16. The number of carboxylic acid groups (broad SMARTS) is 1. The number of rotatable bonds is 4. The molecule has 7 nitrogen and oxygen atoms in total. The van der Waals surface area contributed by atoms with Gasteiger partial charge in [0.15, 0.2) is 6.04 Å². The highest BCUT2D eigenvalue weighted by atomic mass is 16.5. The van der Waals surface area contributed by atoms with Gasteiger partial charge in [-0.2, -0.15) is 0 Å². The molecule has 0 saturated carbocycles. The zero-order valence-electron chi connectivity index (χ0n) is 8.88. The van der Waals surface area contributed by atoms with Crippen LogP contribution in [-0.4, -0.2) is 53.6 Å². The van der Waals surface area contributed by atoms with E-state index in [2.05, 4.69) is 4.74 Å². The largest absolute Gasteiger partial charge is 0.481 e. The van der Waals surface area contributed by atoms with Gasteiger partial charge in [0.05, 0.1) is 12.5 Å². The minimum absolute atomic E-state index is 0.0985. The van der Waals surface area contributed by atoms with Crippen molar-refractivity contribution in [2.45, 2.75) is 13.0 Å². The van der Waals surface area contributed by atoms with Crippen molar-refractivity contribution in [1.82, 2.24) is 4.90 Å². The van der Waals surface area contributed by atoms with Crippen LogP contribution >= 0.6 is 0 Å². The number of nitrogens with zero attached hydrogens (tertiary/aromatic N) is 1. The van der Waals surface area contributed by atoms with E-state index in [1.165, 1.54) is 4.90 Å². The number of esters is 1. The van der Waals surface area contributed by atoms with E-state index < -0.39 is 29.8 Å². The second kappa shape index (κ2) is 4.93. The molecule has 1 heterocycles. The maximum Gasteiger partial charge on any atom is 0.332 e. The molecule has 0 spiro atoms. The lowest BCUT2D eigenvalue weighted by molar-refractivity contribution is -0.157. The van der Waals surface area contributed by atoms with Crippen molar-refractivity contribution >= 4 is 17.8 Å². The molecular formula is C9H14N2O5. The molecule has 1 unspecified atom stereocenters. The van der Waals surface area contributed by atoms with Crippen LogP contribution in [-0.2, 0) is 19.1 Å². The van der Waals surface area contributed by atoms with Gasteiger partial charge in [-0.3, -0.25) is 9.59 Å². The molecule has 1 fully saturated rings. The molecule has 16 heavy (non-hydrogen) atoms. The maximum absolute atomic E-state index is 11.5. The van der Waals surface area contributed by atoms with Crippen molar-refractivity contribution < 1.29 is 24.2 Å². The lowest BCUT2D eigenvalue weighted by atomic mass is 9.99. The maximum atomic E-state index is 11.5. The summed E-state index contributed by atoms with van der Waals surface area (Å²) in [4.78, 5) is 34.4. The lowest BCUT2D eigenvalue weighted by Crippen LogP contribution is -2.59. The van der Waals surface area contributed by atoms with Gasteiger partial charge in [0.2, 0.25) is 0 Å². The number of amides is 1. The molecule has 1 amide bonds. The second-order valence-corrected chi connectivity index (χ2v) is 3.51. The molecular weight excluding hydrogens is 216 g/mol. The van der Waals surface area contributed by atoms with E-state index in [0.717, 1.165) is 0 Å². The number of ether oxygens (including phenoxy) is 1. The average molecular weight is 230 g/mol. The Bertz CT molecular complexity index is 311. The third kappa shape index (κ3) is 2.48. The van der Waals surface area contributed by atoms with Crippen LogP contribution in [0.2, 0.25) is 0 Å². The van der Waals surface area contributed by atoms with Crippen molar-refractivity contribution in [3.05, 3.63) is 0 Å². The summed E-state index contributed by atoms with van der Waals surface area (Å²) in [7, 11) is 0. The first-order valence-corrected chi connectivity index (χ1v) is 4.91. The van der Waals surface area contributed by atoms with Gasteiger partial charge < -0.3 is 20.5 Å². The van der Waals surface area contributed by atoms with E-state index in [4.69, 9.17) is 10.8 Å². The Kier molecular flexibility index (Phi) is 3.83. The van der Waals surface area contributed by atoms with Crippen LogP contribution in [0.25, 0.3) is 0 Å². The van der Waals surface area contributed by atoms with Crippen molar-refractivity contribution in [1.29, 1.82) is 0 Å². The molecule has 1 saturated heterocycles. The fourth-order valence-corrected chi connectivity index (χ4v) is 1.34. The zero-order valence-corrected chi connectivity index (χ0v) is 8.88. The van der Waals surface area contributed by atoms with E-state index >= 15 is 0 Å². The highest BCUT2D eigenvalue weighted by molar-refractivity contribution is 6.02. The first-order chi connectivity index (χ1) is 7.47. The normalized spacial score (nSPS) is 17.5. The van der Waals surface area contributed by atoms with Crippen molar-refractivity contribution in [2.24, 2.45) is 11.7 Å². The minimum atomic E-state index is -1.35. The number of hydrogen-bond donors (Lipinski definition) is 2. The van der Waals surface area contributed by atoms with Crippen LogP contribution in [0.3, 0.4) is 0 Å². The van der Waals surface area contributed by atoms with Crippen LogP contribution < -0.4 is 5.73 Å². The third-order valence-corrected chi connectivity index (χ3v) is 2.35. The molecule has 1 aliphatic heterocycles. The van der Waals surface area contributed by atoms with Crippen molar-refractivity contribution in [3.63, 3.8) is 0 Å². The zero-order chi connectivity index (χ0) is 12.3. The number of aliphatic carboxylic acids is 1. The van der Waals surface area contributed by atoms with Gasteiger partial charge in [0, 0.05) is 13.1 Å².